The first-order valence-corrected chi connectivity index (χ1v) is 13.9. The molecule has 1 nitrogen and oxygen atoms in total. The quantitative estimate of drug-likeness (QED) is 0.462. The average molecular weight is 417 g/mol. The fourth-order valence-electron chi connectivity index (χ4n) is 9.92. The van der Waals surface area contributed by atoms with Crippen molar-refractivity contribution >= 4 is 0 Å². The van der Waals surface area contributed by atoms with Gasteiger partial charge in [0, 0.05) is 0 Å². The minimum absolute atomic E-state index is 0.199. The van der Waals surface area contributed by atoms with E-state index < -0.39 is 0 Å². The van der Waals surface area contributed by atoms with E-state index in [1.54, 1.807) is 0 Å². The summed E-state index contributed by atoms with van der Waals surface area (Å²) in [4.78, 5) is 0. The van der Waals surface area contributed by atoms with Gasteiger partial charge in [0.05, 0.1) is 5.60 Å². The molecular formula is C29H52O. The third-order valence-electron chi connectivity index (χ3n) is 12.0. The molecule has 0 radical (unpaired) electrons. The van der Waals surface area contributed by atoms with Gasteiger partial charge in [-0.1, -0.05) is 67.2 Å². The molecule has 9 atom stereocenters. The predicted molar refractivity (Wildman–Crippen MR) is 128 cm³/mol. The summed E-state index contributed by atoms with van der Waals surface area (Å²) in [5.41, 5.74) is 0.420. The lowest BCUT2D eigenvalue weighted by molar-refractivity contribution is -0.205. The van der Waals surface area contributed by atoms with E-state index in [0.29, 0.717) is 5.41 Å². The van der Waals surface area contributed by atoms with Gasteiger partial charge in [-0.25, -0.2) is 0 Å². The van der Waals surface area contributed by atoms with E-state index in [0.717, 1.165) is 54.3 Å². The van der Waals surface area contributed by atoms with Gasteiger partial charge >= 0.3 is 0 Å². The highest BCUT2D eigenvalue weighted by Crippen LogP contribution is 2.69. The van der Waals surface area contributed by atoms with E-state index in [1.165, 1.54) is 70.6 Å². The second kappa shape index (κ2) is 8.39. The molecule has 1 heteroatoms. The second-order valence-corrected chi connectivity index (χ2v) is 13.3. The Balaban J connectivity index is 1.47. The molecule has 4 aliphatic carbocycles. The monoisotopic (exact) mass is 416 g/mol. The zero-order valence-corrected chi connectivity index (χ0v) is 21.2. The molecule has 4 saturated carbocycles. The number of hydrogen-bond acceptors (Lipinski definition) is 1. The summed E-state index contributed by atoms with van der Waals surface area (Å²) < 4.78 is 0. The summed E-state index contributed by atoms with van der Waals surface area (Å²) in [6.45, 7) is 15.0. The maximum Gasteiger partial charge on any atom is 0.0703 e. The van der Waals surface area contributed by atoms with Crippen molar-refractivity contribution in [3.63, 3.8) is 0 Å². The Labute approximate surface area is 188 Å². The first-order chi connectivity index (χ1) is 14.2. The molecule has 174 valence electrons. The van der Waals surface area contributed by atoms with Crippen LogP contribution in [-0.4, -0.2) is 10.7 Å². The fourth-order valence-corrected chi connectivity index (χ4v) is 9.92. The lowest BCUT2D eigenvalue weighted by Crippen LogP contribution is -2.61. The smallest absolute Gasteiger partial charge is 0.0703 e. The summed E-state index contributed by atoms with van der Waals surface area (Å²) in [5.74, 6) is 6.18. The number of fused-ring (bicyclic) bond motifs is 5. The SMILES string of the molecule is CC[C@H](CC[C@@H](C)[C@H]1CC[C@H]2[C@@H]3CCC4(O)CCCC[C@]4(C)[C@H]3CC[C@]12C)C(C)C. The largest absolute Gasteiger partial charge is 0.389 e. The molecular weight excluding hydrogens is 364 g/mol. The Morgan fingerprint density at radius 2 is 1.57 bits per heavy atom. The zero-order valence-electron chi connectivity index (χ0n) is 21.2. The first kappa shape index (κ1) is 23.1. The van der Waals surface area contributed by atoms with Gasteiger partial charge in [0.25, 0.3) is 0 Å². The Morgan fingerprint density at radius 3 is 2.27 bits per heavy atom. The predicted octanol–water partition coefficient (Wildman–Crippen LogP) is 8.25. The molecule has 0 bridgehead atoms. The van der Waals surface area contributed by atoms with Crippen molar-refractivity contribution in [2.75, 3.05) is 0 Å². The highest BCUT2D eigenvalue weighted by atomic mass is 16.3. The molecule has 0 aromatic carbocycles. The molecule has 1 N–H and O–H groups in total. The molecule has 0 saturated heterocycles. The van der Waals surface area contributed by atoms with Crippen molar-refractivity contribution in [1.29, 1.82) is 0 Å². The van der Waals surface area contributed by atoms with Crippen molar-refractivity contribution in [2.45, 2.75) is 131 Å². The average Bonchev–Trinajstić information content (AvgIpc) is 3.05. The van der Waals surface area contributed by atoms with Crippen LogP contribution in [0.4, 0.5) is 0 Å². The van der Waals surface area contributed by atoms with Crippen LogP contribution in [0.2, 0.25) is 0 Å². The van der Waals surface area contributed by atoms with Crippen LogP contribution in [0.3, 0.4) is 0 Å². The molecule has 0 heterocycles. The van der Waals surface area contributed by atoms with Gasteiger partial charge in [-0.15, -0.1) is 0 Å². The summed E-state index contributed by atoms with van der Waals surface area (Å²) in [5, 5.41) is 11.6. The minimum Gasteiger partial charge on any atom is -0.389 e. The fraction of sp³-hybridized carbons (Fsp3) is 1.00. The van der Waals surface area contributed by atoms with E-state index in [-0.39, 0.29) is 11.0 Å². The van der Waals surface area contributed by atoms with Crippen molar-refractivity contribution in [3.8, 4) is 0 Å². The number of aliphatic hydroxyl groups is 1. The first-order valence-electron chi connectivity index (χ1n) is 13.9. The van der Waals surface area contributed by atoms with E-state index >= 15 is 0 Å². The van der Waals surface area contributed by atoms with Crippen LogP contribution in [0.1, 0.15) is 125 Å². The highest BCUT2D eigenvalue weighted by Gasteiger charge is 2.63. The maximum atomic E-state index is 11.6. The molecule has 0 aliphatic heterocycles. The highest BCUT2D eigenvalue weighted by molar-refractivity contribution is 5.13. The minimum atomic E-state index is -0.350. The molecule has 4 fully saturated rings. The topological polar surface area (TPSA) is 20.2 Å². The van der Waals surface area contributed by atoms with Gasteiger partial charge in [0.2, 0.25) is 0 Å². The van der Waals surface area contributed by atoms with Gasteiger partial charge in [0.15, 0.2) is 0 Å². The third-order valence-corrected chi connectivity index (χ3v) is 12.0. The maximum absolute atomic E-state index is 11.6. The van der Waals surface area contributed by atoms with Gasteiger partial charge in [-0.2, -0.15) is 0 Å². The van der Waals surface area contributed by atoms with E-state index in [9.17, 15) is 5.11 Å². The normalized spacial score (nSPS) is 48.0. The van der Waals surface area contributed by atoms with Gasteiger partial charge < -0.3 is 5.11 Å². The van der Waals surface area contributed by atoms with Crippen LogP contribution in [0.25, 0.3) is 0 Å². The van der Waals surface area contributed by atoms with Crippen LogP contribution in [0, 0.1) is 52.3 Å². The van der Waals surface area contributed by atoms with Crippen molar-refractivity contribution in [1.82, 2.24) is 0 Å². The molecule has 0 amide bonds. The standard InChI is InChI=1S/C29H52O/c1-7-22(20(2)3)11-10-21(4)24-12-13-25-23-14-19-29(30)17-9-8-16-28(29,6)26(23)15-18-27(24,25)5/h20-26,30H,7-19H2,1-6H3/t21-,22-,23+,24-,25+,26+,27-,28-,29?/m1/s1. The lowest BCUT2D eigenvalue weighted by Gasteiger charge is -2.63. The van der Waals surface area contributed by atoms with Crippen molar-refractivity contribution in [3.05, 3.63) is 0 Å². The van der Waals surface area contributed by atoms with Crippen LogP contribution < -0.4 is 0 Å². The van der Waals surface area contributed by atoms with Crippen LogP contribution in [0.15, 0.2) is 0 Å². The molecule has 0 aromatic heterocycles. The Morgan fingerprint density at radius 1 is 0.833 bits per heavy atom. The summed E-state index contributed by atoms with van der Waals surface area (Å²) in [6, 6.07) is 0. The van der Waals surface area contributed by atoms with E-state index in [2.05, 4.69) is 41.5 Å². The van der Waals surface area contributed by atoms with Gasteiger partial charge in [-0.05, 0) is 110 Å². The van der Waals surface area contributed by atoms with E-state index in [4.69, 9.17) is 0 Å². The molecule has 0 aromatic rings. The van der Waals surface area contributed by atoms with Crippen LogP contribution in [0.5, 0.6) is 0 Å². The molecule has 0 spiro atoms. The summed E-state index contributed by atoms with van der Waals surface area (Å²) >= 11 is 0. The molecule has 1 unspecified atom stereocenters. The second-order valence-electron chi connectivity index (χ2n) is 13.3. The van der Waals surface area contributed by atoms with Gasteiger partial charge in [0.1, 0.15) is 0 Å². The van der Waals surface area contributed by atoms with Crippen LogP contribution in [-0.2, 0) is 0 Å². The van der Waals surface area contributed by atoms with Crippen molar-refractivity contribution in [2.24, 2.45) is 52.3 Å². The summed E-state index contributed by atoms with van der Waals surface area (Å²) in [6.07, 6.45) is 17.3. The Hall–Kier alpha value is -0.0400. The molecule has 4 aliphatic rings. The van der Waals surface area contributed by atoms with Gasteiger partial charge in [-0.3, -0.25) is 0 Å². The molecule has 30 heavy (non-hydrogen) atoms. The zero-order chi connectivity index (χ0) is 21.7. The number of hydrogen-bond donors (Lipinski definition) is 1. The molecule has 4 rings (SSSR count). The Kier molecular flexibility index (Phi) is 6.47. The third kappa shape index (κ3) is 3.52. The van der Waals surface area contributed by atoms with Crippen molar-refractivity contribution < 1.29 is 5.11 Å². The van der Waals surface area contributed by atoms with Crippen LogP contribution >= 0.6 is 0 Å². The summed E-state index contributed by atoms with van der Waals surface area (Å²) in [7, 11) is 0. The Bertz CT molecular complexity index is 597. The number of rotatable bonds is 6. The van der Waals surface area contributed by atoms with E-state index in [1.807, 2.05) is 0 Å². The lowest BCUT2D eigenvalue weighted by atomic mass is 9.43.